The van der Waals surface area contributed by atoms with Gasteiger partial charge < -0.3 is 15.4 Å². The molecule has 2 N–H and O–H groups in total. The molecular weight excluding hydrogens is 192 g/mol. The number of ether oxygens (including phenoxy) is 1. The Bertz CT molecular complexity index is 227. The van der Waals surface area contributed by atoms with Crippen molar-refractivity contribution in [2.45, 2.75) is 38.3 Å². The largest absolute Gasteiger partial charge is 0.366 e. The first kappa shape index (κ1) is 10.9. The van der Waals surface area contributed by atoms with Crippen molar-refractivity contribution in [3.05, 3.63) is 0 Å². The van der Waals surface area contributed by atoms with E-state index < -0.39 is 0 Å². The molecule has 1 heterocycles. The number of hydrogen-bond acceptors (Lipinski definition) is 3. The second-order valence-corrected chi connectivity index (χ2v) is 4.46. The Labute approximate surface area is 90.8 Å². The third-order valence-corrected chi connectivity index (χ3v) is 3.13. The molecule has 1 amide bonds. The first-order chi connectivity index (χ1) is 7.31. The summed E-state index contributed by atoms with van der Waals surface area (Å²) in [6, 6.07) is 0.419. The van der Waals surface area contributed by atoms with Crippen molar-refractivity contribution >= 4 is 5.91 Å². The molecule has 0 radical (unpaired) electrons. The van der Waals surface area contributed by atoms with Crippen LogP contribution in [0.2, 0.25) is 0 Å². The van der Waals surface area contributed by atoms with Crippen molar-refractivity contribution in [3.63, 3.8) is 0 Å². The van der Waals surface area contributed by atoms with Crippen molar-refractivity contribution in [3.8, 4) is 0 Å². The first-order valence-electron chi connectivity index (χ1n) is 5.94. The molecule has 0 aromatic carbocycles. The van der Waals surface area contributed by atoms with E-state index in [-0.39, 0.29) is 12.0 Å². The molecule has 1 saturated carbocycles. The van der Waals surface area contributed by atoms with E-state index in [1.54, 1.807) is 0 Å². The third kappa shape index (κ3) is 2.92. The number of hydrogen-bond donors (Lipinski definition) is 2. The van der Waals surface area contributed by atoms with Gasteiger partial charge in [0.15, 0.2) is 0 Å². The van der Waals surface area contributed by atoms with E-state index >= 15 is 0 Å². The van der Waals surface area contributed by atoms with Crippen LogP contribution in [-0.2, 0) is 9.53 Å². The highest BCUT2D eigenvalue weighted by Gasteiger charge is 2.38. The zero-order chi connectivity index (χ0) is 10.7. The minimum Gasteiger partial charge on any atom is -0.366 e. The van der Waals surface area contributed by atoms with Crippen molar-refractivity contribution in [2.75, 3.05) is 19.7 Å². The monoisotopic (exact) mass is 212 g/mol. The van der Waals surface area contributed by atoms with E-state index in [2.05, 4.69) is 17.6 Å². The van der Waals surface area contributed by atoms with Gasteiger partial charge in [-0.2, -0.15) is 0 Å². The van der Waals surface area contributed by atoms with E-state index in [4.69, 9.17) is 4.74 Å². The lowest BCUT2D eigenvalue weighted by Crippen LogP contribution is -2.48. The molecule has 0 bridgehead atoms. The van der Waals surface area contributed by atoms with E-state index in [0.717, 1.165) is 18.9 Å². The van der Waals surface area contributed by atoms with E-state index in [0.29, 0.717) is 19.2 Å². The van der Waals surface area contributed by atoms with Crippen LogP contribution in [0.3, 0.4) is 0 Å². The fourth-order valence-corrected chi connectivity index (χ4v) is 2.12. The molecule has 15 heavy (non-hydrogen) atoms. The van der Waals surface area contributed by atoms with Crippen LogP contribution in [0, 0.1) is 5.92 Å². The summed E-state index contributed by atoms with van der Waals surface area (Å²) in [5.74, 6) is 0.779. The van der Waals surface area contributed by atoms with Crippen molar-refractivity contribution in [1.82, 2.24) is 10.6 Å². The fourth-order valence-electron chi connectivity index (χ4n) is 2.12. The maximum absolute atomic E-state index is 11.7. The summed E-state index contributed by atoms with van der Waals surface area (Å²) < 4.78 is 5.39. The fraction of sp³-hybridized carbons (Fsp3) is 0.909. The molecule has 1 saturated heterocycles. The second-order valence-electron chi connectivity index (χ2n) is 4.46. The lowest BCUT2D eigenvalue weighted by atomic mass is 10.2. The minimum atomic E-state index is -0.276. The number of carbonyl (C=O) groups is 1. The third-order valence-electron chi connectivity index (χ3n) is 3.13. The normalized spacial score (nSPS) is 34.9. The highest BCUT2D eigenvalue weighted by molar-refractivity contribution is 5.81. The van der Waals surface area contributed by atoms with Crippen LogP contribution in [0.5, 0.6) is 0 Å². The highest BCUT2D eigenvalue weighted by Crippen LogP contribution is 2.34. The molecule has 0 aromatic heterocycles. The Morgan fingerprint density at radius 1 is 1.60 bits per heavy atom. The summed E-state index contributed by atoms with van der Waals surface area (Å²) in [6.45, 7) is 4.33. The molecule has 4 nitrogen and oxygen atoms in total. The van der Waals surface area contributed by atoms with Gasteiger partial charge in [-0.15, -0.1) is 0 Å². The molecule has 2 unspecified atom stereocenters. The maximum Gasteiger partial charge on any atom is 0.250 e. The Morgan fingerprint density at radius 3 is 3.13 bits per heavy atom. The summed E-state index contributed by atoms with van der Waals surface area (Å²) in [7, 11) is 0. The predicted octanol–water partition coefficient (Wildman–Crippen LogP) is 0.280. The summed E-state index contributed by atoms with van der Waals surface area (Å²) in [6.07, 6.45) is 3.31. The standard InChI is InChI=1S/C11H20N2O2/c1-2-3-8-6-9(8)13-11(14)10-7-12-4-5-15-10/h8-10,12H,2-7H2,1H3,(H,13,14)/t8?,9?,10-/m1/s1. The summed E-state index contributed by atoms with van der Waals surface area (Å²) in [4.78, 5) is 11.7. The molecule has 1 aliphatic heterocycles. The lowest BCUT2D eigenvalue weighted by molar-refractivity contribution is -0.134. The number of nitrogens with one attached hydrogen (secondary N) is 2. The van der Waals surface area contributed by atoms with Crippen LogP contribution in [0.4, 0.5) is 0 Å². The molecule has 2 rings (SSSR count). The number of carbonyl (C=O) groups excluding carboxylic acids is 1. The van der Waals surface area contributed by atoms with Gasteiger partial charge in [-0.25, -0.2) is 0 Å². The molecule has 1 aliphatic carbocycles. The molecule has 2 fully saturated rings. The predicted molar refractivity (Wildman–Crippen MR) is 57.6 cm³/mol. The molecule has 4 heteroatoms. The van der Waals surface area contributed by atoms with Gasteiger partial charge in [-0.3, -0.25) is 4.79 Å². The van der Waals surface area contributed by atoms with Gasteiger partial charge in [0.25, 0.3) is 5.91 Å². The van der Waals surface area contributed by atoms with Crippen molar-refractivity contribution < 1.29 is 9.53 Å². The van der Waals surface area contributed by atoms with Gasteiger partial charge >= 0.3 is 0 Å². The molecule has 86 valence electrons. The Balaban J connectivity index is 1.68. The van der Waals surface area contributed by atoms with Crippen LogP contribution in [0.1, 0.15) is 26.2 Å². The van der Waals surface area contributed by atoms with Gasteiger partial charge in [0.2, 0.25) is 0 Å². The van der Waals surface area contributed by atoms with Crippen LogP contribution in [0.15, 0.2) is 0 Å². The minimum absolute atomic E-state index is 0.0609. The smallest absolute Gasteiger partial charge is 0.250 e. The van der Waals surface area contributed by atoms with Gasteiger partial charge in [0, 0.05) is 19.1 Å². The van der Waals surface area contributed by atoms with Gasteiger partial charge in [0.1, 0.15) is 6.10 Å². The molecular formula is C11H20N2O2. The molecule has 3 atom stereocenters. The number of amides is 1. The zero-order valence-electron chi connectivity index (χ0n) is 9.29. The average molecular weight is 212 g/mol. The Morgan fingerprint density at radius 2 is 2.47 bits per heavy atom. The number of morpholine rings is 1. The SMILES string of the molecule is CCCC1CC1NC(=O)[C@H]1CNCCO1. The highest BCUT2D eigenvalue weighted by atomic mass is 16.5. The molecule has 0 aromatic rings. The van der Waals surface area contributed by atoms with Crippen LogP contribution in [-0.4, -0.2) is 37.7 Å². The molecule has 2 aliphatic rings. The van der Waals surface area contributed by atoms with Crippen molar-refractivity contribution in [1.29, 1.82) is 0 Å². The van der Waals surface area contributed by atoms with Crippen LogP contribution in [0.25, 0.3) is 0 Å². The van der Waals surface area contributed by atoms with Crippen LogP contribution < -0.4 is 10.6 Å². The van der Waals surface area contributed by atoms with Crippen molar-refractivity contribution in [2.24, 2.45) is 5.92 Å². The van der Waals surface area contributed by atoms with Gasteiger partial charge in [-0.05, 0) is 18.8 Å². The average Bonchev–Trinajstić information content (AvgIpc) is 2.98. The van der Waals surface area contributed by atoms with E-state index in [1.165, 1.54) is 12.8 Å². The lowest BCUT2D eigenvalue weighted by Gasteiger charge is -2.22. The first-order valence-corrected chi connectivity index (χ1v) is 5.94. The second kappa shape index (κ2) is 4.94. The summed E-state index contributed by atoms with van der Waals surface area (Å²) in [5.41, 5.74) is 0. The summed E-state index contributed by atoms with van der Waals surface area (Å²) in [5, 5.41) is 6.21. The van der Waals surface area contributed by atoms with Gasteiger partial charge in [-0.1, -0.05) is 13.3 Å². The van der Waals surface area contributed by atoms with Gasteiger partial charge in [0.05, 0.1) is 6.61 Å². The van der Waals surface area contributed by atoms with Crippen LogP contribution >= 0.6 is 0 Å². The molecule has 0 spiro atoms. The Kier molecular flexibility index (Phi) is 3.59. The number of rotatable bonds is 4. The Hall–Kier alpha value is -0.610. The van der Waals surface area contributed by atoms with E-state index in [9.17, 15) is 4.79 Å². The topological polar surface area (TPSA) is 50.4 Å². The van der Waals surface area contributed by atoms with E-state index in [1.807, 2.05) is 0 Å². The summed E-state index contributed by atoms with van der Waals surface area (Å²) >= 11 is 0. The maximum atomic E-state index is 11.7. The quantitative estimate of drug-likeness (QED) is 0.704. The zero-order valence-corrected chi connectivity index (χ0v) is 9.29.